The molecule has 2 aromatic carbocycles. The fourth-order valence-electron chi connectivity index (χ4n) is 2.81. The van der Waals surface area contributed by atoms with E-state index in [2.05, 4.69) is 5.32 Å². The fourth-order valence-corrected chi connectivity index (χ4v) is 2.81. The number of amides is 2. The second-order valence-electron chi connectivity index (χ2n) is 5.76. The number of imide groups is 1. The Labute approximate surface area is 141 Å². The van der Waals surface area contributed by atoms with Crippen LogP contribution in [0.15, 0.2) is 48.5 Å². The summed E-state index contributed by atoms with van der Waals surface area (Å²) in [7, 11) is 0. The molecule has 1 N–H and O–H groups in total. The molecule has 3 rings (SSSR count). The van der Waals surface area contributed by atoms with Gasteiger partial charge in [0.05, 0.1) is 18.7 Å². The lowest BCUT2D eigenvalue weighted by molar-refractivity contribution is -0.121. The predicted molar refractivity (Wildman–Crippen MR) is 93.3 cm³/mol. The number of anilines is 2. The van der Waals surface area contributed by atoms with E-state index in [4.69, 9.17) is 4.74 Å². The first kappa shape index (κ1) is 16.1. The van der Waals surface area contributed by atoms with Gasteiger partial charge in [-0.25, -0.2) is 4.90 Å². The van der Waals surface area contributed by atoms with Gasteiger partial charge in [0.1, 0.15) is 11.8 Å². The number of hydrogen-bond donors (Lipinski definition) is 1. The van der Waals surface area contributed by atoms with Gasteiger partial charge in [-0.2, -0.15) is 0 Å². The summed E-state index contributed by atoms with van der Waals surface area (Å²) in [6, 6.07) is 14.2. The lowest BCUT2D eigenvalue weighted by atomic mass is 10.2. The molecule has 0 saturated carbocycles. The van der Waals surface area contributed by atoms with Crippen molar-refractivity contribution in [2.24, 2.45) is 0 Å². The standard InChI is InChI=1S/C19H20N2O3/c1-3-24-16-9-7-15(8-10-16)21-18(22)12-17(19(21)23)20-14-6-4-5-13(2)11-14/h4-11,17,20H,3,12H2,1-2H3/t17-/m1/s1. The SMILES string of the molecule is CCOc1ccc(N2C(=O)C[C@@H](Nc3cccc(C)c3)C2=O)cc1. The third-order valence-electron chi connectivity index (χ3n) is 3.91. The Morgan fingerprint density at radius 3 is 2.58 bits per heavy atom. The molecule has 2 aromatic rings. The van der Waals surface area contributed by atoms with Crippen molar-refractivity contribution in [2.45, 2.75) is 26.3 Å². The summed E-state index contributed by atoms with van der Waals surface area (Å²) in [6.45, 7) is 4.46. The van der Waals surface area contributed by atoms with Crippen LogP contribution in [0.1, 0.15) is 18.9 Å². The molecule has 1 aliphatic heterocycles. The van der Waals surface area contributed by atoms with Crippen LogP contribution >= 0.6 is 0 Å². The first-order valence-electron chi connectivity index (χ1n) is 8.01. The molecule has 0 aliphatic carbocycles. The molecule has 5 heteroatoms. The molecule has 5 nitrogen and oxygen atoms in total. The number of nitrogens with one attached hydrogen (secondary N) is 1. The van der Waals surface area contributed by atoms with Gasteiger partial charge in [0, 0.05) is 5.69 Å². The summed E-state index contributed by atoms with van der Waals surface area (Å²) in [4.78, 5) is 26.2. The Morgan fingerprint density at radius 1 is 1.17 bits per heavy atom. The Hall–Kier alpha value is -2.82. The molecule has 1 saturated heterocycles. The van der Waals surface area contributed by atoms with Gasteiger partial charge < -0.3 is 10.1 Å². The Morgan fingerprint density at radius 2 is 1.92 bits per heavy atom. The average Bonchev–Trinajstić information content (AvgIpc) is 2.83. The summed E-state index contributed by atoms with van der Waals surface area (Å²) >= 11 is 0. The van der Waals surface area contributed by atoms with Gasteiger partial charge >= 0.3 is 0 Å². The van der Waals surface area contributed by atoms with Gasteiger partial charge in [-0.3, -0.25) is 9.59 Å². The maximum atomic E-state index is 12.6. The minimum atomic E-state index is -0.536. The smallest absolute Gasteiger partial charge is 0.256 e. The van der Waals surface area contributed by atoms with E-state index in [0.717, 1.165) is 17.0 Å². The summed E-state index contributed by atoms with van der Waals surface area (Å²) in [5.41, 5.74) is 2.51. The normalized spacial score (nSPS) is 17.2. The van der Waals surface area contributed by atoms with Gasteiger partial charge in [0.15, 0.2) is 0 Å². The largest absolute Gasteiger partial charge is 0.494 e. The van der Waals surface area contributed by atoms with Crippen molar-refractivity contribution in [1.29, 1.82) is 0 Å². The van der Waals surface area contributed by atoms with Crippen LogP contribution in [-0.2, 0) is 9.59 Å². The van der Waals surface area contributed by atoms with E-state index in [-0.39, 0.29) is 18.2 Å². The molecule has 0 unspecified atom stereocenters. The monoisotopic (exact) mass is 324 g/mol. The van der Waals surface area contributed by atoms with Crippen molar-refractivity contribution >= 4 is 23.2 Å². The maximum absolute atomic E-state index is 12.6. The number of carbonyl (C=O) groups is 2. The third-order valence-corrected chi connectivity index (χ3v) is 3.91. The summed E-state index contributed by atoms with van der Waals surface area (Å²) in [5.74, 6) is 0.287. The number of nitrogens with zero attached hydrogens (tertiary/aromatic N) is 1. The zero-order valence-electron chi connectivity index (χ0n) is 13.8. The van der Waals surface area contributed by atoms with Crippen LogP contribution in [-0.4, -0.2) is 24.5 Å². The van der Waals surface area contributed by atoms with Gasteiger partial charge in [0.25, 0.3) is 5.91 Å². The molecule has 1 heterocycles. The molecule has 24 heavy (non-hydrogen) atoms. The molecular weight excluding hydrogens is 304 g/mol. The Bertz CT molecular complexity index is 755. The van der Waals surface area contributed by atoms with Crippen LogP contribution in [0.5, 0.6) is 5.75 Å². The molecule has 0 bridgehead atoms. The first-order chi connectivity index (χ1) is 11.6. The second kappa shape index (κ2) is 6.74. The lowest BCUT2D eigenvalue weighted by Crippen LogP contribution is -2.34. The van der Waals surface area contributed by atoms with Crippen molar-refractivity contribution in [2.75, 3.05) is 16.8 Å². The summed E-state index contributed by atoms with van der Waals surface area (Å²) < 4.78 is 5.39. The zero-order valence-corrected chi connectivity index (χ0v) is 13.8. The fraction of sp³-hybridized carbons (Fsp3) is 0.263. The number of rotatable bonds is 5. The van der Waals surface area contributed by atoms with E-state index in [1.54, 1.807) is 24.3 Å². The van der Waals surface area contributed by atoms with E-state index in [9.17, 15) is 9.59 Å². The van der Waals surface area contributed by atoms with Crippen LogP contribution in [0.2, 0.25) is 0 Å². The number of ether oxygens (including phenoxy) is 1. The van der Waals surface area contributed by atoms with Crippen molar-refractivity contribution in [1.82, 2.24) is 0 Å². The Kier molecular flexibility index (Phi) is 4.51. The van der Waals surface area contributed by atoms with Crippen LogP contribution in [0.4, 0.5) is 11.4 Å². The minimum Gasteiger partial charge on any atom is -0.494 e. The van der Waals surface area contributed by atoms with Crippen LogP contribution in [0.3, 0.4) is 0 Å². The van der Waals surface area contributed by atoms with Gasteiger partial charge in [0.2, 0.25) is 5.91 Å². The van der Waals surface area contributed by atoms with E-state index >= 15 is 0 Å². The van der Waals surface area contributed by atoms with Crippen molar-refractivity contribution < 1.29 is 14.3 Å². The summed E-state index contributed by atoms with van der Waals surface area (Å²) in [5, 5.41) is 3.16. The van der Waals surface area contributed by atoms with Crippen molar-refractivity contribution in [3.8, 4) is 5.75 Å². The maximum Gasteiger partial charge on any atom is 0.256 e. The van der Waals surface area contributed by atoms with Crippen LogP contribution in [0, 0.1) is 6.92 Å². The number of aryl methyl sites for hydroxylation is 1. The van der Waals surface area contributed by atoms with Crippen molar-refractivity contribution in [3.05, 3.63) is 54.1 Å². The highest BCUT2D eigenvalue weighted by molar-refractivity contribution is 6.23. The highest BCUT2D eigenvalue weighted by atomic mass is 16.5. The molecule has 2 amide bonds. The molecule has 0 radical (unpaired) electrons. The van der Waals surface area contributed by atoms with E-state index in [0.29, 0.717) is 12.3 Å². The minimum absolute atomic E-state index is 0.153. The molecule has 1 atom stereocenters. The van der Waals surface area contributed by atoms with E-state index in [1.807, 2.05) is 38.1 Å². The van der Waals surface area contributed by atoms with Crippen LogP contribution < -0.4 is 15.0 Å². The van der Waals surface area contributed by atoms with E-state index < -0.39 is 6.04 Å². The molecule has 1 fully saturated rings. The molecule has 124 valence electrons. The highest BCUT2D eigenvalue weighted by Crippen LogP contribution is 2.27. The number of benzene rings is 2. The molecule has 0 spiro atoms. The predicted octanol–water partition coefficient (Wildman–Crippen LogP) is 3.14. The van der Waals surface area contributed by atoms with E-state index in [1.165, 1.54) is 4.90 Å². The highest BCUT2D eigenvalue weighted by Gasteiger charge is 2.39. The van der Waals surface area contributed by atoms with Gasteiger partial charge in [-0.15, -0.1) is 0 Å². The third kappa shape index (κ3) is 3.25. The van der Waals surface area contributed by atoms with Crippen molar-refractivity contribution in [3.63, 3.8) is 0 Å². The first-order valence-corrected chi connectivity index (χ1v) is 8.01. The van der Waals surface area contributed by atoms with Gasteiger partial charge in [-0.05, 0) is 55.8 Å². The molecular formula is C19H20N2O3. The number of hydrogen-bond acceptors (Lipinski definition) is 4. The molecule has 0 aromatic heterocycles. The lowest BCUT2D eigenvalue weighted by Gasteiger charge is -2.16. The topological polar surface area (TPSA) is 58.6 Å². The Balaban J connectivity index is 1.76. The zero-order chi connectivity index (χ0) is 17.1. The molecule has 1 aliphatic rings. The average molecular weight is 324 g/mol. The number of carbonyl (C=O) groups excluding carboxylic acids is 2. The second-order valence-corrected chi connectivity index (χ2v) is 5.76. The quantitative estimate of drug-likeness (QED) is 0.859. The van der Waals surface area contributed by atoms with Gasteiger partial charge in [-0.1, -0.05) is 12.1 Å². The van der Waals surface area contributed by atoms with Crippen LogP contribution in [0.25, 0.3) is 0 Å². The summed E-state index contributed by atoms with van der Waals surface area (Å²) in [6.07, 6.45) is 0.153.